The Bertz CT molecular complexity index is 1110. The van der Waals surface area contributed by atoms with Gasteiger partial charge in [0.1, 0.15) is 11.8 Å². The molecule has 2 aromatic carbocycles. The number of halogens is 1. The van der Waals surface area contributed by atoms with Crippen LogP contribution >= 0.6 is 15.9 Å². The monoisotopic (exact) mass is 395 g/mol. The van der Waals surface area contributed by atoms with Crippen molar-refractivity contribution in [2.75, 3.05) is 0 Å². The van der Waals surface area contributed by atoms with E-state index in [1.54, 1.807) is 36.4 Å². The lowest BCUT2D eigenvalue weighted by atomic mass is 10.1. The molecule has 122 valence electrons. The number of nitrogens with zero attached hydrogens (tertiary/aromatic N) is 1. The normalized spacial score (nSPS) is 15.5. The van der Waals surface area contributed by atoms with Gasteiger partial charge >= 0.3 is 5.97 Å². The molecule has 4 rings (SSSR count). The Morgan fingerprint density at radius 1 is 1.00 bits per heavy atom. The molecule has 1 aliphatic heterocycles. The average Bonchev–Trinajstić information content (AvgIpc) is 2.99. The first-order valence-corrected chi connectivity index (χ1v) is 8.20. The van der Waals surface area contributed by atoms with Crippen LogP contribution in [0.25, 0.3) is 17.0 Å². The van der Waals surface area contributed by atoms with E-state index in [9.17, 15) is 9.59 Å². The van der Waals surface area contributed by atoms with Gasteiger partial charge in [-0.1, -0.05) is 28.1 Å². The Labute approximate surface area is 150 Å². The molecule has 25 heavy (non-hydrogen) atoms. The molecule has 0 saturated heterocycles. The molecule has 0 atom stereocenters. The molecule has 5 nitrogen and oxygen atoms in total. The fourth-order valence-electron chi connectivity index (χ4n) is 2.46. The highest BCUT2D eigenvalue weighted by Crippen LogP contribution is 2.20. The number of cyclic esters (lactones) is 1. The van der Waals surface area contributed by atoms with Gasteiger partial charge in [-0.05, 0) is 42.5 Å². The summed E-state index contributed by atoms with van der Waals surface area (Å²) in [5, 5.41) is 0.445. The van der Waals surface area contributed by atoms with Crippen LogP contribution in [0.2, 0.25) is 0 Å². The Morgan fingerprint density at radius 3 is 2.56 bits per heavy atom. The maximum Gasteiger partial charge on any atom is 0.363 e. The van der Waals surface area contributed by atoms with Crippen molar-refractivity contribution >= 4 is 44.8 Å². The van der Waals surface area contributed by atoms with E-state index < -0.39 is 5.97 Å². The number of hydrogen-bond acceptors (Lipinski definition) is 5. The summed E-state index contributed by atoms with van der Waals surface area (Å²) in [5.41, 5.74) is 1.23. The largest absolute Gasteiger partial charge is 0.463 e. The molecular weight excluding hydrogens is 386 g/mol. The smallest absolute Gasteiger partial charge is 0.363 e. The van der Waals surface area contributed by atoms with Crippen LogP contribution < -0.4 is 5.43 Å². The standard InChI is InChI=1S/C19H10BrNO4/c20-13-7-5-11(6-8-13)18-21-15(19(23)25-18)9-12-10-24-16-4-2-1-3-14(16)17(12)22/h1-10H. The zero-order valence-corrected chi connectivity index (χ0v) is 14.3. The molecule has 6 heteroatoms. The van der Waals surface area contributed by atoms with E-state index in [-0.39, 0.29) is 22.6 Å². The van der Waals surface area contributed by atoms with Gasteiger partial charge in [0.25, 0.3) is 0 Å². The molecule has 0 N–H and O–H groups in total. The Hall–Kier alpha value is -2.99. The molecule has 0 aliphatic carbocycles. The summed E-state index contributed by atoms with van der Waals surface area (Å²) < 4.78 is 11.5. The van der Waals surface area contributed by atoms with Crippen LogP contribution in [-0.2, 0) is 9.53 Å². The Kier molecular flexibility index (Phi) is 3.82. The van der Waals surface area contributed by atoms with Crippen molar-refractivity contribution in [3.05, 3.63) is 86.3 Å². The molecule has 2 heterocycles. The van der Waals surface area contributed by atoms with Crippen molar-refractivity contribution in [3.63, 3.8) is 0 Å². The molecule has 1 aliphatic rings. The minimum atomic E-state index is -0.606. The number of ether oxygens (including phenoxy) is 1. The molecule has 0 saturated carbocycles. The first kappa shape index (κ1) is 15.5. The quantitative estimate of drug-likeness (QED) is 0.487. The van der Waals surface area contributed by atoms with Crippen molar-refractivity contribution in [2.24, 2.45) is 4.99 Å². The lowest BCUT2D eigenvalue weighted by Crippen LogP contribution is -2.07. The van der Waals surface area contributed by atoms with Gasteiger partial charge in [0, 0.05) is 10.0 Å². The fourth-order valence-corrected chi connectivity index (χ4v) is 2.73. The van der Waals surface area contributed by atoms with Gasteiger partial charge in [-0.25, -0.2) is 9.79 Å². The Morgan fingerprint density at radius 2 is 1.76 bits per heavy atom. The van der Waals surface area contributed by atoms with Crippen molar-refractivity contribution in [3.8, 4) is 0 Å². The van der Waals surface area contributed by atoms with E-state index >= 15 is 0 Å². The van der Waals surface area contributed by atoms with Gasteiger partial charge < -0.3 is 9.15 Å². The molecule has 0 bridgehead atoms. The predicted molar refractivity (Wildman–Crippen MR) is 97.2 cm³/mol. The summed E-state index contributed by atoms with van der Waals surface area (Å²) in [6, 6.07) is 14.1. The topological polar surface area (TPSA) is 68.9 Å². The van der Waals surface area contributed by atoms with E-state index in [1.807, 2.05) is 12.1 Å². The number of benzene rings is 2. The van der Waals surface area contributed by atoms with Crippen LogP contribution in [0.3, 0.4) is 0 Å². The average molecular weight is 396 g/mol. The van der Waals surface area contributed by atoms with Gasteiger partial charge in [0.05, 0.1) is 10.9 Å². The number of rotatable bonds is 2. The Balaban J connectivity index is 1.76. The number of carbonyl (C=O) groups excluding carboxylic acids is 1. The first-order valence-electron chi connectivity index (χ1n) is 7.41. The third kappa shape index (κ3) is 2.92. The van der Waals surface area contributed by atoms with Gasteiger partial charge in [-0.2, -0.15) is 0 Å². The maximum atomic E-state index is 12.5. The van der Waals surface area contributed by atoms with Crippen LogP contribution in [0.15, 0.2) is 79.2 Å². The first-order chi connectivity index (χ1) is 12.1. The van der Waals surface area contributed by atoms with E-state index in [0.717, 1.165) is 4.47 Å². The van der Waals surface area contributed by atoms with Gasteiger partial charge in [0.2, 0.25) is 5.90 Å². The predicted octanol–water partition coefficient (Wildman–Crippen LogP) is 3.90. The van der Waals surface area contributed by atoms with Gasteiger partial charge in [0.15, 0.2) is 11.1 Å². The molecular formula is C19H10BrNO4. The summed E-state index contributed by atoms with van der Waals surface area (Å²) in [4.78, 5) is 28.8. The molecule has 0 fully saturated rings. The van der Waals surface area contributed by atoms with E-state index in [4.69, 9.17) is 9.15 Å². The SMILES string of the molecule is O=C1OC(c2ccc(Br)cc2)=NC1=Cc1coc2ccccc2c1=O. The van der Waals surface area contributed by atoms with E-state index in [1.165, 1.54) is 12.3 Å². The number of carbonyl (C=O) groups is 1. The molecule has 0 amide bonds. The molecule has 1 aromatic heterocycles. The fraction of sp³-hybridized carbons (Fsp3) is 0. The van der Waals surface area contributed by atoms with Crippen molar-refractivity contribution in [1.82, 2.24) is 0 Å². The van der Waals surface area contributed by atoms with E-state index in [0.29, 0.717) is 16.5 Å². The minimum absolute atomic E-state index is 0.0560. The minimum Gasteiger partial charge on any atom is -0.463 e. The van der Waals surface area contributed by atoms with Gasteiger partial charge in [-0.15, -0.1) is 0 Å². The summed E-state index contributed by atoms with van der Waals surface area (Å²) in [5.74, 6) is -0.403. The second-order valence-corrected chi connectivity index (χ2v) is 6.27. The number of hydrogen-bond donors (Lipinski definition) is 0. The van der Waals surface area contributed by atoms with Crippen LogP contribution in [-0.4, -0.2) is 11.9 Å². The molecule has 0 unspecified atom stereocenters. The highest BCUT2D eigenvalue weighted by atomic mass is 79.9. The van der Waals surface area contributed by atoms with Crippen LogP contribution in [0.4, 0.5) is 0 Å². The third-order valence-corrected chi connectivity index (χ3v) is 4.24. The van der Waals surface area contributed by atoms with Gasteiger partial charge in [-0.3, -0.25) is 4.79 Å². The number of para-hydroxylation sites is 1. The number of esters is 1. The zero-order valence-electron chi connectivity index (χ0n) is 12.7. The highest BCUT2D eigenvalue weighted by molar-refractivity contribution is 9.10. The van der Waals surface area contributed by atoms with Crippen molar-refractivity contribution in [2.45, 2.75) is 0 Å². The highest BCUT2D eigenvalue weighted by Gasteiger charge is 2.24. The summed E-state index contributed by atoms with van der Waals surface area (Å²) in [7, 11) is 0. The van der Waals surface area contributed by atoms with Crippen molar-refractivity contribution in [1.29, 1.82) is 0 Å². The van der Waals surface area contributed by atoms with Crippen molar-refractivity contribution < 1.29 is 13.9 Å². The molecule has 0 spiro atoms. The molecule has 3 aromatic rings. The summed E-state index contributed by atoms with van der Waals surface area (Å²) in [6.45, 7) is 0. The zero-order chi connectivity index (χ0) is 17.4. The maximum absolute atomic E-state index is 12.5. The van der Waals surface area contributed by atoms with E-state index in [2.05, 4.69) is 20.9 Å². The molecule has 0 radical (unpaired) electrons. The third-order valence-electron chi connectivity index (χ3n) is 3.71. The van der Waals surface area contributed by atoms with Crippen LogP contribution in [0.5, 0.6) is 0 Å². The lowest BCUT2D eigenvalue weighted by molar-refractivity contribution is -0.129. The van der Waals surface area contributed by atoms with Crippen LogP contribution in [0.1, 0.15) is 11.1 Å². The second kappa shape index (κ2) is 6.14. The number of fused-ring (bicyclic) bond motifs is 1. The van der Waals surface area contributed by atoms with Crippen LogP contribution in [0, 0.1) is 0 Å². The number of aliphatic imine (C=N–C) groups is 1. The second-order valence-electron chi connectivity index (χ2n) is 5.36. The summed E-state index contributed by atoms with van der Waals surface area (Å²) in [6.07, 6.45) is 2.70. The lowest BCUT2D eigenvalue weighted by Gasteiger charge is -1.98. The summed E-state index contributed by atoms with van der Waals surface area (Å²) >= 11 is 3.35.